The van der Waals surface area contributed by atoms with Crippen LogP contribution in [0.5, 0.6) is 5.75 Å². The highest BCUT2D eigenvalue weighted by Crippen LogP contribution is 2.36. The molecule has 0 amide bonds. The van der Waals surface area contributed by atoms with Crippen molar-refractivity contribution in [2.45, 2.75) is 12.8 Å². The lowest BCUT2D eigenvalue weighted by molar-refractivity contribution is -0.384. The van der Waals surface area contributed by atoms with E-state index in [1.165, 1.54) is 6.21 Å². The van der Waals surface area contributed by atoms with Gasteiger partial charge < -0.3 is 4.74 Å². The van der Waals surface area contributed by atoms with Gasteiger partial charge in [0.25, 0.3) is 5.69 Å². The van der Waals surface area contributed by atoms with Gasteiger partial charge in [0.2, 0.25) is 0 Å². The first-order valence-corrected chi connectivity index (χ1v) is 10.6. The summed E-state index contributed by atoms with van der Waals surface area (Å²) in [5.41, 5.74) is 1.69. The van der Waals surface area contributed by atoms with Gasteiger partial charge in [0, 0.05) is 11.1 Å². The van der Waals surface area contributed by atoms with E-state index in [1.54, 1.807) is 24.3 Å². The van der Waals surface area contributed by atoms with Gasteiger partial charge >= 0.3 is 6.18 Å². The molecular formula is C21H13BrCl2F3N3O3. The zero-order valence-corrected chi connectivity index (χ0v) is 19.5. The first kappa shape index (κ1) is 24.8. The molecule has 33 heavy (non-hydrogen) atoms. The minimum atomic E-state index is -4.70. The van der Waals surface area contributed by atoms with Crippen LogP contribution in [0.2, 0.25) is 10.0 Å². The third-order valence-corrected chi connectivity index (χ3v) is 5.36. The highest BCUT2D eigenvalue weighted by atomic mass is 79.9. The van der Waals surface area contributed by atoms with Crippen molar-refractivity contribution in [2.75, 3.05) is 5.43 Å². The van der Waals surface area contributed by atoms with Crippen molar-refractivity contribution in [3.05, 3.63) is 95.9 Å². The summed E-state index contributed by atoms with van der Waals surface area (Å²) >= 11 is 15.5. The predicted molar refractivity (Wildman–Crippen MR) is 124 cm³/mol. The Labute approximate surface area is 204 Å². The molecule has 6 nitrogen and oxygen atoms in total. The molecule has 12 heteroatoms. The second-order valence-corrected chi connectivity index (χ2v) is 8.28. The molecule has 0 aliphatic rings. The summed E-state index contributed by atoms with van der Waals surface area (Å²) < 4.78 is 44.7. The molecular weight excluding hydrogens is 550 g/mol. The van der Waals surface area contributed by atoms with Crippen molar-refractivity contribution < 1.29 is 22.8 Å². The van der Waals surface area contributed by atoms with Crippen LogP contribution >= 0.6 is 39.1 Å². The fourth-order valence-electron chi connectivity index (χ4n) is 2.66. The number of ether oxygens (including phenoxy) is 1. The van der Waals surface area contributed by atoms with Gasteiger partial charge in [-0.3, -0.25) is 15.5 Å². The van der Waals surface area contributed by atoms with E-state index < -0.39 is 22.4 Å². The summed E-state index contributed by atoms with van der Waals surface area (Å²) in [6.45, 7) is 0.252. The molecule has 0 heterocycles. The predicted octanol–water partition coefficient (Wildman–Crippen LogP) is 7.71. The number of alkyl halides is 3. The molecule has 3 aromatic rings. The molecule has 3 aromatic carbocycles. The zero-order valence-electron chi connectivity index (χ0n) is 16.4. The maximum atomic E-state index is 12.8. The Morgan fingerprint density at radius 2 is 1.82 bits per heavy atom. The van der Waals surface area contributed by atoms with Crippen LogP contribution in [0.3, 0.4) is 0 Å². The van der Waals surface area contributed by atoms with Gasteiger partial charge in [0.1, 0.15) is 12.3 Å². The molecule has 0 aliphatic carbocycles. The van der Waals surface area contributed by atoms with E-state index in [0.29, 0.717) is 26.9 Å². The fraction of sp³-hybridized carbons (Fsp3) is 0.0952. The Morgan fingerprint density at radius 1 is 1.12 bits per heavy atom. The Bertz CT molecular complexity index is 1180. The van der Waals surface area contributed by atoms with Crippen molar-refractivity contribution in [2.24, 2.45) is 5.10 Å². The molecule has 0 saturated carbocycles. The van der Waals surface area contributed by atoms with Crippen LogP contribution in [0.25, 0.3) is 0 Å². The lowest BCUT2D eigenvalue weighted by Crippen LogP contribution is -2.06. The number of halogens is 6. The van der Waals surface area contributed by atoms with E-state index in [2.05, 4.69) is 26.5 Å². The lowest BCUT2D eigenvalue weighted by atomic mass is 10.1. The third kappa shape index (κ3) is 6.59. The summed E-state index contributed by atoms with van der Waals surface area (Å²) in [5.74, 6) is 0.398. The SMILES string of the molecule is O=[N+]([O-])c1cc(C(F)(F)F)ccc1N/N=C\c1cc(Cl)c(OCc2ccc(Cl)cc2)c(Br)c1. The number of hydrazone groups is 1. The molecule has 0 atom stereocenters. The number of rotatable bonds is 7. The number of nitrogens with zero attached hydrogens (tertiary/aromatic N) is 2. The highest BCUT2D eigenvalue weighted by Gasteiger charge is 2.33. The third-order valence-electron chi connectivity index (χ3n) is 4.24. The Balaban J connectivity index is 1.73. The maximum absolute atomic E-state index is 12.8. The largest absolute Gasteiger partial charge is 0.486 e. The standard InChI is InChI=1S/C21H13BrCl2F3N3O3/c22-16-7-13(8-17(24)20(16)33-11-12-1-4-15(23)5-2-12)10-28-29-18-6-3-14(21(25,26)27)9-19(18)30(31)32/h1-10,29H,11H2/b28-10-. The first-order chi connectivity index (χ1) is 15.5. The van der Waals surface area contributed by atoms with Gasteiger partial charge in [0.05, 0.1) is 26.2 Å². The van der Waals surface area contributed by atoms with Crippen molar-refractivity contribution in [1.82, 2.24) is 0 Å². The minimum Gasteiger partial charge on any atom is -0.486 e. The Hall–Kier alpha value is -2.82. The Kier molecular flexibility index (Phi) is 7.83. The topological polar surface area (TPSA) is 76.8 Å². The number of hydrogen-bond acceptors (Lipinski definition) is 5. The van der Waals surface area contributed by atoms with Crippen molar-refractivity contribution in [1.29, 1.82) is 0 Å². The number of anilines is 1. The summed E-state index contributed by atoms with van der Waals surface area (Å²) in [5, 5.41) is 15.9. The zero-order chi connectivity index (χ0) is 24.2. The molecule has 0 radical (unpaired) electrons. The van der Waals surface area contributed by atoms with E-state index in [4.69, 9.17) is 27.9 Å². The lowest BCUT2D eigenvalue weighted by Gasteiger charge is -2.11. The maximum Gasteiger partial charge on any atom is 0.416 e. The van der Waals surface area contributed by atoms with Gasteiger partial charge in [-0.05, 0) is 63.5 Å². The van der Waals surface area contributed by atoms with E-state index in [-0.39, 0.29) is 17.3 Å². The number of hydrogen-bond donors (Lipinski definition) is 1. The molecule has 172 valence electrons. The highest BCUT2D eigenvalue weighted by molar-refractivity contribution is 9.10. The van der Waals surface area contributed by atoms with Crippen LogP contribution in [0.4, 0.5) is 24.5 Å². The van der Waals surface area contributed by atoms with E-state index in [1.807, 2.05) is 12.1 Å². The molecule has 1 N–H and O–H groups in total. The van der Waals surface area contributed by atoms with Crippen LogP contribution in [-0.4, -0.2) is 11.1 Å². The van der Waals surface area contributed by atoms with Gasteiger partial charge in [-0.15, -0.1) is 0 Å². The molecule has 0 saturated heterocycles. The minimum absolute atomic E-state index is 0.197. The van der Waals surface area contributed by atoms with E-state index in [0.717, 1.165) is 17.7 Å². The summed E-state index contributed by atoms with van der Waals surface area (Å²) in [4.78, 5) is 10.2. The average Bonchev–Trinajstić information content (AvgIpc) is 2.73. The number of nitro groups is 1. The van der Waals surface area contributed by atoms with Gasteiger partial charge in [-0.2, -0.15) is 18.3 Å². The van der Waals surface area contributed by atoms with E-state index >= 15 is 0 Å². The smallest absolute Gasteiger partial charge is 0.416 e. The second kappa shape index (κ2) is 10.4. The van der Waals surface area contributed by atoms with E-state index in [9.17, 15) is 23.3 Å². The number of benzene rings is 3. The first-order valence-electron chi connectivity index (χ1n) is 9.05. The van der Waals surface area contributed by atoms with Crippen LogP contribution in [0, 0.1) is 10.1 Å². The van der Waals surface area contributed by atoms with Crippen molar-refractivity contribution >= 4 is 56.7 Å². The van der Waals surface area contributed by atoms with Crippen molar-refractivity contribution in [3.63, 3.8) is 0 Å². The Morgan fingerprint density at radius 3 is 2.42 bits per heavy atom. The molecule has 0 aromatic heterocycles. The number of nitro benzene ring substituents is 1. The van der Waals surface area contributed by atoms with Crippen LogP contribution in [-0.2, 0) is 12.8 Å². The van der Waals surface area contributed by atoms with Crippen LogP contribution in [0.15, 0.2) is 64.2 Å². The monoisotopic (exact) mass is 561 g/mol. The molecule has 0 unspecified atom stereocenters. The normalized spacial score (nSPS) is 11.6. The number of nitrogens with one attached hydrogen (secondary N) is 1. The fourth-order valence-corrected chi connectivity index (χ4v) is 3.77. The molecule has 0 bridgehead atoms. The average molecular weight is 563 g/mol. The molecule has 0 spiro atoms. The molecule has 0 fully saturated rings. The van der Waals surface area contributed by atoms with Gasteiger partial charge in [0.15, 0.2) is 5.75 Å². The van der Waals surface area contributed by atoms with Gasteiger partial charge in [-0.1, -0.05) is 35.3 Å². The molecule has 0 aliphatic heterocycles. The van der Waals surface area contributed by atoms with Crippen molar-refractivity contribution in [3.8, 4) is 5.75 Å². The summed E-state index contributed by atoms with van der Waals surface area (Å²) in [6.07, 6.45) is -3.39. The van der Waals surface area contributed by atoms with Crippen LogP contribution in [0.1, 0.15) is 16.7 Å². The van der Waals surface area contributed by atoms with Gasteiger partial charge in [-0.25, -0.2) is 0 Å². The second-order valence-electron chi connectivity index (χ2n) is 6.59. The summed E-state index contributed by atoms with van der Waals surface area (Å²) in [7, 11) is 0. The summed E-state index contributed by atoms with van der Waals surface area (Å²) in [6, 6.07) is 12.4. The van der Waals surface area contributed by atoms with Crippen LogP contribution < -0.4 is 10.2 Å². The quantitative estimate of drug-likeness (QED) is 0.182. The molecule has 3 rings (SSSR count).